The molecule has 7 heteroatoms. The van der Waals surface area contributed by atoms with E-state index >= 15 is 0 Å². The van der Waals surface area contributed by atoms with E-state index in [0.717, 1.165) is 17.0 Å². The van der Waals surface area contributed by atoms with Crippen molar-refractivity contribution in [3.8, 4) is 0 Å². The number of esters is 1. The summed E-state index contributed by atoms with van der Waals surface area (Å²) in [6.07, 6.45) is 0. The Morgan fingerprint density at radius 1 is 1.14 bits per heavy atom. The third-order valence-electron chi connectivity index (χ3n) is 4.89. The summed E-state index contributed by atoms with van der Waals surface area (Å²) in [7, 11) is 1.33. The fraction of sp³-hybridized carbons (Fsp3) is 0.286. The van der Waals surface area contributed by atoms with Gasteiger partial charge >= 0.3 is 5.97 Å². The number of aliphatic imine (C=N–C) groups is 1. The minimum Gasteiger partial charge on any atom is -0.468 e. The lowest BCUT2D eigenvalue weighted by molar-refractivity contribution is -0.384. The molecule has 28 heavy (non-hydrogen) atoms. The fourth-order valence-corrected chi connectivity index (χ4v) is 3.69. The molecule has 1 aromatic heterocycles. The molecule has 2 aromatic rings. The number of nitro benzene ring substituents is 1. The molecule has 2 atom stereocenters. The van der Waals surface area contributed by atoms with Crippen molar-refractivity contribution < 1.29 is 14.5 Å². The van der Waals surface area contributed by atoms with Crippen molar-refractivity contribution in [1.29, 1.82) is 0 Å². The molecule has 0 N–H and O–H groups in total. The van der Waals surface area contributed by atoms with Crippen LogP contribution in [-0.4, -0.2) is 28.7 Å². The smallest absolute Gasteiger partial charge is 0.315 e. The summed E-state index contributed by atoms with van der Waals surface area (Å²) in [4.78, 5) is 32.7. The number of nitro groups is 1. The van der Waals surface area contributed by atoms with Crippen LogP contribution in [0.25, 0.3) is 5.57 Å². The Balaban J connectivity index is 2.27. The van der Waals surface area contributed by atoms with Crippen LogP contribution in [0.2, 0.25) is 0 Å². The maximum absolute atomic E-state index is 12.7. The molecule has 0 saturated heterocycles. The molecule has 0 radical (unpaired) electrons. The molecular formula is C21H21N3O4. The summed E-state index contributed by atoms with van der Waals surface area (Å²) in [5.41, 5.74) is 4.25. The van der Waals surface area contributed by atoms with Gasteiger partial charge in [0.05, 0.1) is 17.7 Å². The number of nitrogens with zero attached hydrogens (tertiary/aromatic N) is 3. The molecule has 0 spiro atoms. The Morgan fingerprint density at radius 2 is 1.86 bits per heavy atom. The Kier molecular flexibility index (Phi) is 5.35. The maximum Gasteiger partial charge on any atom is 0.315 e. The Labute approximate surface area is 162 Å². The number of hydrogen-bond donors (Lipinski definition) is 0. The van der Waals surface area contributed by atoms with Gasteiger partial charge in [0.15, 0.2) is 0 Å². The number of benzene rings is 1. The van der Waals surface area contributed by atoms with Crippen molar-refractivity contribution in [3.05, 3.63) is 75.2 Å². The van der Waals surface area contributed by atoms with Crippen LogP contribution in [0.4, 0.5) is 5.69 Å². The normalized spacial score (nSPS) is 19.2. The second-order valence-electron chi connectivity index (χ2n) is 6.75. The average molecular weight is 379 g/mol. The first-order chi connectivity index (χ1) is 13.3. The summed E-state index contributed by atoms with van der Waals surface area (Å²) in [6, 6.07) is 12.0. The highest BCUT2D eigenvalue weighted by Gasteiger charge is 2.40. The van der Waals surface area contributed by atoms with Gasteiger partial charge in [-0.25, -0.2) is 0 Å². The van der Waals surface area contributed by atoms with E-state index in [-0.39, 0.29) is 5.69 Å². The summed E-state index contributed by atoms with van der Waals surface area (Å²) >= 11 is 0. The Bertz CT molecular complexity index is 1010. The minimum absolute atomic E-state index is 0.0320. The first-order valence-corrected chi connectivity index (χ1v) is 8.85. The number of pyridine rings is 1. The SMILES string of the molecule is COC(=O)C1C(C)=NC(C)=C(c2cccc(C)n2)C1c1cccc([N+](=O)[O-])c1. The molecular weight excluding hydrogens is 358 g/mol. The number of methoxy groups -OCH3 is 1. The van der Waals surface area contributed by atoms with Gasteiger partial charge in [-0.2, -0.15) is 0 Å². The van der Waals surface area contributed by atoms with Crippen LogP contribution in [0.15, 0.2) is 53.2 Å². The van der Waals surface area contributed by atoms with Crippen LogP contribution in [-0.2, 0) is 9.53 Å². The standard InChI is InChI=1S/C21H21N3O4/c1-12-7-5-10-17(22-12)18-13(2)23-14(3)19(21(25)28-4)20(18)15-8-6-9-16(11-15)24(26)27/h5-11,19-20H,1-4H3. The van der Waals surface area contributed by atoms with Crippen molar-refractivity contribution in [2.75, 3.05) is 7.11 Å². The van der Waals surface area contributed by atoms with Gasteiger partial charge < -0.3 is 4.74 Å². The molecule has 0 saturated carbocycles. The number of rotatable bonds is 4. The Hall–Kier alpha value is -3.35. The predicted molar refractivity (Wildman–Crippen MR) is 106 cm³/mol. The Morgan fingerprint density at radius 3 is 2.50 bits per heavy atom. The van der Waals surface area contributed by atoms with Crippen molar-refractivity contribution in [2.45, 2.75) is 26.7 Å². The molecule has 1 aromatic carbocycles. The quantitative estimate of drug-likeness (QED) is 0.453. The highest BCUT2D eigenvalue weighted by Crippen LogP contribution is 2.44. The van der Waals surface area contributed by atoms with Crippen LogP contribution >= 0.6 is 0 Å². The minimum atomic E-state index is -0.687. The van der Waals surface area contributed by atoms with Crippen molar-refractivity contribution >= 4 is 22.9 Å². The number of hydrogen-bond acceptors (Lipinski definition) is 6. The van der Waals surface area contributed by atoms with Gasteiger partial charge in [-0.3, -0.25) is 24.9 Å². The van der Waals surface area contributed by atoms with Crippen LogP contribution in [0.1, 0.15) is 36.7 Å². The first kappa shape index (κ1) is 19.4. The third kappa shape index (κ3) is 3.55. The van der Waals surface area contributed by atoms with Gasteiger partial charge in [0, 0.05) is 40.7 Å². The van der Waals surface area contributed by atoms with E-state index in [2.05, 4.69) is 9.98 Å². The molecule has 3 rings (SSSR count). The zero-order chi connectivity index (χ0) is 20.4. The monoisotopic (exact) mass is 379 g/mol. The lowest BCUT2D eigenvalue weighted by atomic mass is 9.74. The largest absolute Gasteiger partial charge is 0.468 e. The fourth-order valence-electron chi connectivity index (χ4n) is 3.69. The van der Waals surface area contributed by atoms with E-state index in [1.165, 1.54) is 19.2 Å². The van der Waals surface area contributed by atoms with Crippen LogP contribution < -0.4 is 0 Å². The summed E-state index contributed by atoms with van der Waals surface area (Å²) in [5.74, 6) is -1.61. The van der Waals surface area contributed by atoms with Crippen LogP contribution in [0.3, 0.4) is 0 Å². The summed E-state index contributed by atoms with van der Waals surface area (Å²) < 4.78 is 5.04. The highest BCUT2D eigenvalue weighted by molar-refractivity contribution is 6.06. The molecule has 7 nitrogen and oxygen atoms in total. The third-order valence-corrected chi connectivity index (χ3v) is 4.89. The molecule has 144 valence electrons. The average Bonchev–Trinajstić information content (AvgIpc) is 2.67. The van der Waals surface area contributed by atoms with E-state index in [0.29, 0.717) is 17.0 Å². The second-order valence-corrected chi connectivity index (χ2v) is 6.75. The van der Waals surface area contributed by atoms with Gasteiger partial charge in [0.25, 0.3) is 5.69 Å². The van der Waals surface area contributed by atoms with Crippen molar-refractivity contribution in [1.82, 2.24) is 4.98 Å². The molecule has 0 aliphatic carbocycles. The van der Waals surface area contributed by atoms with Gasteiger partial charge in [0.2, 0.25) is 0 Å². The number of carbonyl (C=O) groups is 1. The van der Waals surface area contributed by atoms with E-state index < -0.39 is 22.7 Å². The molecule has 0 bridgehead atoms. The molecule has 0 fully saturated rings. The topological polar surface area (TPSA) is 94.7 Å². The molecule has 2 heterocycles. The molecule has 2 unspecified atom stereocenters. The van der Waals surface area contributed by atoms with Gasteiger partial charge in [-0.05, 0) is 38.5 Å². The number of non-ortho nitro benzene ring substituents is 1. The van der Waals surface area contributed by atoms with Crippen molar-refractivity contribution in [2.24, 2.45) is 10.9 Å². The zero-order valence-electron chi connectivity index (χ0n) is 16.2. The summed E-state index contributed by atoms with van der Waals surface area (Å²) in [6.45, 7) is 5.52. The van der Waals surface area contributed by atoms with E-state index in [1.54, 1.807) is 19.1 Å². The van der Waals surface area contributed by atoms with Crippen molar-refractivity contribution in [3.63, 3.8) is 0 Å². The van der Waals surface area contributed by atoms with E-state index in [9.17, 15) is 14.9 Å². The van der Waals surface area contributed by atoms with Crippen LogP contribution in [0, 0.1) is 23.0 Å². The number of allylic oxidation sites excluding steroid dienone is 2. The maximum atomic E-state index is 12.7. The lowest BCUT2D eigenvalue weighted by Gasteiger charge is -2.32. The van der Waals surface area contributed by atoms with Gasteiger partial charge in [-0.15, -0.1) is 0 Å². The summed E-state index contributed by atoms with van der Waals surface area (Å²) in [5, 5.41) is 11.3. The molecule has 0 amide bonds. The molecule has 1 aliphatic heterocycles. The number of aromatic nitrogens is 1. The molecule has 1 aliphatic rings. The zero-order valence-corrected chi connectivity index (χ0v) is 16.2. The second kappa shape index (κ2) is 7.72. The number of carbonyl (C=O) groups excluding carboxylic acids is 1. The van der Waals surface area contributed by atoms with E-state index in [4.69, 9.17) is 4.74 Å². The number of aryl methyl sites for hydroxylation is 1. The van der Waals surface area contributed by atoms with Crippen LogP contribution in [0.5, 0.6) is 0 Å². The first-order valence-electron chi connectivity index (χ1n) is 8.85. The van der Waals surface area contributed by atoms with E-state index in [1.807, 2.05) is 32.0 Å². The predicted octanol–water partition coefficient (Wildman–Crippen LogP) is 4.08. The number of ether oxygens (including phenoxy) is 1. The lowest BCUT2D eigenvalue weighted by Crippen LogP contribution is -2.33. The highest BCUT2D eigenvalue weighted by atomic mass is 16.6. The van der Waals surface area contributed by atoms with Gasteiger partial charge in [-0.1, -0.05) is 18.2 Å². The van der Waals surface area contributed by atoms with Gasteiger partial charge in [0.1, 0.15) is 5.92 Å².